The van der Waals surface area contributed by atoms with Crippen molar-refractivity contribution in [2.75, 3.05) is 26.2 Å². The van der Waals surface area contributed by atoms with Crippen LogP contribution in [0.2, 0.25) is 0 Å². The van der Waals surface area contributed by atoms with Crippen LogP contribution in [0.3, 0.4) is 0 Å². The van der Waals surface area contributed by atoms with Gasteiger partial charge in [-0.3, -0.25) is 0 Å². The maximum Gasteiger partial charge on any atom is 0.166 e. The average Bonchev–Trinajstić information content (AvgIpc) is 3.04. The maximum absolute atomic E-state index is 5.41. The molecule has 0 aromatic heterocycles. The van der Waals surface area contributed by atoms with Gasteiger partial charge in [-0.05, 0) is 69.2 Å². The van der Waals surface area contributed by atoms with Gasteiger partial charge in [-0.25, -0.2) is 0 Å². The molecular weight excluding hydrogens is 242 g/mol. The Hall–Kier alpha value is -0.350. The van der Waals surface area contributed by atoms with Gasteiger partial charge in [0, 0.05) is 19.1 Å². The molecule has 0 spiro atoms. The molecule has 2 saturated carbocycles. The van der Waals surface area contributed by atoms with E-state index in [9.17, 15) is 0 Å². The van der Waals surface area contributed by atoms with Gasteiger partial charge in [0.1, 0.15) is 0 Å². The molecule has 102 valence electrons. The van der Waals surface area contributed by atoms with Crippen LogP contribution in [0.25, 0.3) is 0 Å². The fourth-order valence-corrected chi connectivity index (χ4v) is 4.23. The van der Waals surface area contributed by atoms with E-state index < -0.39 is 0 Å². The highest BCUT2D eigenvalue weighted by atomic mass is 32.1. The summed E-state index contributed by atoms with van der Waals surface area (Å²) in [5, 5.41) is 7.79. The van der Waals surface area contributed by atoms with Gasteiger partial charge in [-0.15, -0.1) is 0 Å². The summed E-state index contributed by atoms with van der Waals surface area (Å²) in [5.41, 5.74) is 0. The molecule has 2 N–H and O–H groups in total. The third-order valence-electron chi connectivity index (χ3n) is 4.97. The highest BCUT2D eigenvalue weighted by molar-refractivity contribution is 7.80. The van der Waals surface area contributed by atoms with E-state index in [4.69, 9.17) is 12.2 Å². The second-order valence-corrected chi connectivity index (χ2v) is 6.64. The fourth-order valence-electron chi connectivity index (χ4n) is 3.97. The molecule has 3 unspecified atom stereocenters. The SMILES string of the molecule is S=C(NCCN1CCCC1)NC1CC2CCC1C2. The number of fused-ring (bicyclic) bond motifs is 2. The van der Waals surface area contributed by atoms with Crippen molar-refractivity contribution >= 4 is 17.3 Å². The van der Waals surface area contributed by atoms with Crippen LogP contribution in [0.5, 0.6) is 0 Å². The number of nitrogens with zero attached hydrogens (tertiary/aromatic N) is 1. The number of rotatable bonds is 4. The van der Waals surface area contributed by atoms with Crippen molar-refractivity contribution in [3.8, 4) is 0 Å². The molecule has 3 fully saturated rings. The molecular formula is C14H25N3S. The van der Waals surface area contributed by atoms with Gasteiger partial charge in [0.25, 0.3) is 0 Å². The molecule has 1 aliphatic heterocycles. The van der Waals surface area contributed by atoms with E-state index >= 15 is 0 Å². The Morgan fingerprint density at radius 3 is 2.67 bits per heavy atom. The van der Waals surface area contributed by atoms with Crippen LogP contribution >= 0.6 is 12.2 Å². The molecule has 0 radical (unpaired) electrons. The molecule has 1 saturated heterocycles. The van der Waals surface area contributed by atoms with Crippen LogP contribution in [0.1, 0.15) is 38.5 Å². The Morgan fingerprint density at radius 2 is 2.00 bits per heavy atom. The van der Waals surface area contributed by atoms with Crippen LogP contribution in [-0.4, -0.2) is 42.2 Å². The first kappa shape index (κ1) is 12.7. The minimum absolute atomic E-state index is 0.663. The second-order valence-electron chi connectivity index (χ2n) is 6.23. The lowest BCUT2D eigenvalue weighted by atomic mass is 9.96. The highest BCUT2D eigenvalue weighted by Gasteiger charge is 2.39. The molecule has 3 rings (SSSR count). The Balaban J connectivity index is 1.32. The van der Waals surface area contributed by atoms with Crippen molar-refractivity contribution in [3.05, 3.63) is 0 Å². The smallest absolute Gasteiger partial charge is 0.166 e. The van der Waals surface area contributed by atoms with E-state index in [1.807, 2.05) is 0 Å². The summed E-state index contributed by atoms with van der Waals surface area (Å²) in [6, 6.07) is 0.663. The van der Waals surface area contributed by atoms with E-state index in [-0.39, 0.29) is 0 Å². The van der Waals surface area contributed by atoms with Crippen molar-refractivity contribution in [3.63, 3.8) is 0 Å². The normalized spacial score (nSPS) is 35.0. The predicted octanol–water partition coefficient (Wildman–Crippen LogP) is 1.73. The lowest BCUT2D eigenvalue weighted by molar-refractivity contribution is 0.342. The largest absolute Gasteiger partial charge is 0.361 e. The lowest BCUT2D eigenvalue weighted by Crippen LogP contribution is -2.46. The summed E-state index contributed by atoms with van der Waals surface area (Å²) in [7, 11) is 0. The van der Waals surface area contributed by atoms with Gasteiger partial charge in [0.15, 0.2) is 5.11 Å². The molecule has 3 atom stereocenters. The molecule has 1 heterocycles. The van der Waals surface area contributed by atoms with Gasteiger partial charge in [0.2, 0.25) is 0 Å². The van der Waals surface area contributed by atoms with Gasteiger partial charge in [-0.1, -0.05) is 6.42 Å². The second kappa shape index (κ2) is 5.74. The average molecular weight is 267 g/mol. The summed E-state index contributed by atoms with van der Waals surface area (Å²) in [4.78, 5) is 2.52. The van der Waals surface area contributed by atoms with Crippen molar-refractivity contribution in [1.82, 2.24) is 15.5 Å². The van der Waals surface area contributed by atoms with Gasteiger partial charge >= 0.3 is 0 Å². The number of nitrogens with one attached hydrogen (secondary N) is 2. The highest BCUT2D eigenvalue weighted by Crippen LogP contribution is 2.44. The van der Waals surface area contributed by atoms with Crippen molar-refractivity contribution in [1.29, 1.82) is 0 Å². The number of hydrogen-bond donors (Lipinski definition) is 2. The minimum atomic E-state index is 0.663. The topological polar surface area (TPSA) is 27.3 Å². The first-order chi connectivity index (χ1) is 8.81. The molecule has 0 amide bonds. The first-order valence-electron chi connectivity index (χ1n) is 7.58. The quantitative estimate of drug-likeness (QED) is 0.759. The van der Waals surface area contributed by atoms with Crippen molar-refractivity contribution in [2.24, 2.45) is 11.8 Å². The molecule has 0 aromatic rings. The standard InChI is InChI=1S/C14H25N3S/c18-14(15-5-8-17-6-1-2-7-17)16-13-10-11-3-4-12(13)9-11/h11-13H,1-10H2,(H2,15,16,18). The van der Waals surface area contributed by atoms with Crippen LogP contribution in [0, 0.1) is 11.8 Å². The number of thiocarbonyl (C=S) groups is 1. The summed E-state index contributed by atoms with van der Waals surface area (Å²) >= 11 is 5.41. The van der Waals surface area contributed by atoms with Gasteiger partial charge in [-0.2, -0.15) is 0 Å². The van der Waals surface area contributed by atoms with Crippen molar-refractivity contribution < 1.29 is 0 Å². The molecule has 2 bridgehead atoms. The van der Waals surface area contributed by atoms with Gasteiger partial charge < -0.3 is 15.5 Å². The van der Waals surface area contributed by atoms with Crippen molar-refractivity contribution in [2.45, 2.75) is 44.6 Å². The van der Waals surface area contributed by atoms with Gasteiger partial charge in [0.05, 0.1) is 0 Å². The first-order valence-corrected chi connectivity index (χ1v) is 7.99. The van der Waals surface area contributed by atoms with E-state index in [1.54, 1.807) is 0 Å². The van der Waals surface area contributed by atoms with Crippen LogP contribution in [0.15, 0.2) is 0 Å². The minimum Gasteiger partial charge on any atom is -0.361 e. The Kier molecular flexibility index (Phi) is 4.04. The van der Waals surface area contributed by atoms with Crippen LogP contribution < -0.4 is 10.6 Å². The Bertz CT molecular complexity index is 301. The molecule has 3 aliphatic rings. The lowest BCUT2D eigenvalue weighted by Gasteiger charge is -2.25. The predicted molar refractivity (Wildman–Crippen MR) is 78.6 cm³/mol. The fraction of sp³-hybridized carbons (Fsp3) is 0.929. The Morgan fingerprint density at radius 1 is 1.17 bits per heavy atom. The molecule has 3 nitrogen and oxygen atoms in total. The van der Waals surface area contributed by atoms with E-state index in [0.29, 0.717) is 6.04 Å². The zero-order chi connectivity index (χ0) is 12.4. The molecule has 4 heteroatoms. The third-order valence-corrected chi connectivity index (χ3v) is 5.23. The zero-order valence-corrected chi connectivity index (χ0v) is 12.0. The molecule has 2 aliphatic carbocycles. The number of hydrogen-bond acceptors (Lipinski definition) is 2. The van der Waals surface area contributed by atoms with Crippen LogP contribution in [-0.2, 0) is 0 Å². The van der Waals surface area contributed by atoms with E-state index in [0.717, 1.165) is 30.0 Å². The summed E-state index contributed by atoms with van der Waals surface area (Å²) < 4.78 is 0. The van der Waals surface area contributed by atoms with E-state index in [1.165, 1.54) is 51.6 Å². The monoisotopic (exact) mass is 267 g/mol. The van der Waals surface area contributed by atoms with Crippen LogP contribution in [0.4, 0.5) is 0 Å². The molecule has 0 aromatic carbocycles. The number of likely N-dealkylation sites (tertiary alicyclic amines) is 1. The third kappa shape index (κ3) is 2.97. The maximum atomic E-state index is 5.41. The van der Waals surface area contributed by atoms with E-state index in [2.05, 4.69) is 15.5 Å². The Labute approximate surface area is 116 Å². The summed E-state index contributed by atoms with van der Waals surface area (Å²) in [6.45, 7) is 4.67. The summed E-state index contributed by atoms with van der Waals surface area (Å²) in [5.74, 6) is 1.88. The molecule has 18 heavy (non-hydrogen) atoms. The summed E-state index contributed by atoms with van der Waals surface area (Å²) in [6.07, 6.45) is 8.39. The zero-order valence-electron chi connectivity index (χ0n) is 11.2.